The first kappa shape index (κ1) is 9.91. The van der Waals surface area contributed by atoms with E-state index in [-0.39, 0.29) is 6.10 Å². The largest absolute Gasteiger partial charge is 0.392 e. The highest BCUT2D eigenvalue weighted by Gasteiger charge is 1.99. The van der Waals surface area contributed by atoms with Crippen molar-refractivity contribution in [3.05, 3.63) is 0 Å². The van der Waals surface area contributed by atoms with E-state index in [1.165, 1.54) is 0 Å². The normalized spacial score (nSPS) is 12.5. The van der Waals surface area contributed by atoms with E-state index in [2.05, 4.69) is 15.4 Å². The lowest BCUT2D eigenvalue weighted by atomic mass is 10.1. The van der Waals surface area contributed by atoms with Crippen LogP contribution in [-0.4, -0.2) is 17.8 Å². The van der Waals surface area contributed by atoms with E-state index in [0.717, 1.165) is 12.8 Å². The van der Waals surface area contributed by atoms with Gasteiger partial charge in [-0.2, -0.15) is 0 Å². The van der Waals surface area contributed by atoms with Gasteiger partial charge in [0.05, 0.1) is 12.7 Å². The Kier molecular flexibility index (Phi) is 6.96. The first-order valence-electron chi connectivity index (χ1n) is 3.24. The van der Waals surface area contributed by atoms with Gasteiger partial charge in [0.2, 0.25) is 0 Å². The highest BCUT2D eigenvalue weighted by Crippen LogP contribution is 2.01. The summed E-state index contributed by atoms with van der Waals surface area (Å²) in [5.74, 6) is 2.40. The number of terminal acetylenes is 1. The van der Waals surface area contributed by atoms with E-state index < -0.39 is 0 Å². The van der Waals surface area contributed by atoms with Crippen LogP contribution in [0.3, 0.4) is 0 Å². The predicted octanol–water partition coefficient (Wildman–Crippen LogP) is 0.957. The van der Waals surface area contributed by atoms with Crippen LogP contribution in [0.15, 0.2) is 0 Å². The maximum absolute atomic E-state index is 9.07. The zero-order chi connectivity index (χ0) is 7.82. The van der Waals surface area contributed by atoms with Crippen molar-refractivity contribution in [3.63, 3.8) is 0 Å². The summed E-state index contributed by atoms with van der Waals surface area (Å²) in [5.41, 5.74) is 0. The molecule has 0 aromatic rings. The van der Waals surface area contributed by atoms with Gasteiger partial charge in [0.1, 0.15) is 0 Å². The lowest BCUT2D eigenvalue weighted by Crippen LogP contribution is -2.05. The molecule has 2 atom stereocenters. The lowest BCUT2D eigenvalue weighted by Gasteiger charge is -2.04. The van der Waals surface area contributed by atoms with Gasteiger partial charge in [-0.25, -0.2) is 0 Å². The maximum Gasteiger partial charge on any atom is 0.0650 e. The summed E-state index contributed by atoms with van der Waals surface area (Å²) < 4.78 is 4.72. The van der Waals surface area contributed by atoms with Crippen molar-refractivity contribution in [2.75, 3.05) is 6.61 Å². The fraction of sp³-hybridized carbons (Fsp3) is 0.714. The van der Waals surface area contributed by atoms with E-state index >= 15 is 0 Å². The topological polar surface area (TPSA) is 29.5 Å². The Bertz CT molecular complexity index is 109. The highest BCUT2D eigenvalue weighted by molar-refractivity contribution is 7.09. The summed E-state index contributed by atoms with van der Waals surface area (Å²) in [5, 5.41) is 9.07. The van der Waals surface area contributed by atoms with Crippen LogP contribution in [-0.2, 0) is 4.52 Å². The van der Waals surface area contributed by atoms with Crippen molar-refractivity contribution in [2.24, 2.45) is 0 Å². The molecule has 0 bridgehead atoms. The standard InChI is InChI=1S/C7H13O2P/c1-2-4-7(8)5-3-6-9-10/h1,7-8H,3-6,10H2. The van der Waals surface area contributed by atoms with Crippen LogP contribution in [0.1, 0.15) is 19.3 Å². The molecule has 0 saturated heterocycles. The van der Waals surface area contributed by atoms with Crippen molar-refractivity contribution < 1.29 is 9.63 Å². The van der Waals surface area contributed by atoms with Gasteiger partial charge >= 0.3 is 0 Å². The minimum atomic E-state index is -0.356. The second-order valence-electron chi connectivity index (χ2n) is 2.08. The second-order valence-corrected chi connectivity index (χ2v) is 2.41. The first-order valence-corrected chi connectivity index (χ1v) is 3.71. The molecule has 0 aliphatic rings. The fourth-order valence-electron chi connectivity index (χ4n) is 0.640. The molecule has 0 spiro atoms. The van der Waals surface area contributed by atoms with Gasteiger partial charge in [-0.15, -0.1) is 12.3 Å². The Labute approximate surface area is 64.3 Å². The summed E-state index contributed by atoms with van der Waals surface area (Å²) in [6.45, 7) is 0.659. The molecule has 0 radical (unpaired) electrons. The Morgan fingerprint density at radius 3 is 2.90 bits per heavy atom. The van der Waals surface area contributed by atoms with Crippen molar-refractivity contribution >= 4 is 9.47 Å². The molecule has 58 valence electrons. The molecule has 0 heterocycles. The third kappa shape index (κ3) is 6.04. The lowest BCUT2D eigenvalue weighted by molar-refractivity contribution is 0.160. The summed E-state index contributed by atoms with van der Waals surface area (Å²) in [7, 11) is 2.17. The van der Waals surface area contributed by atoms with E-state index in [1.54, 1.807) is 0 Å². The van der Waals surface area contributed by atoms with E-state index in [9.17, 15) is 0 Å². The molecule has 0 rings (SSSR count). The number of aliphatic hydroxyl groups excluding tert-OH is 1. The SMILES string of the molecule is C#CCC(O)CCCOP. The zero-order valence-electron chi connectivity index (χ0n) is 5.92. The molecule has 2 unspecified atom stereocenters. The molecule has 10 heavy (non-hydrogen) atoms. The summed E-state index contributed by atoms with van der Waals surface area (Å²) in [6, 6.07) is 0. The van der Waals surface area contributed by atoms with Crippen LogP contribution < -0.4 is 0 Å². The quantitative estimate of drug-likeness (QED) is 0.368. The molecule has 0 saturated carbocycles. The van der Waals surface area contributed by atoms with Gasteiger partial charge < -0.3 is 9.63 Å². The zero-order valence-corrected chi connectivity index (χ0v) is 7.07. The molecule has 1 N–H and O–H groups in total. The smallest absolute Gasteiger partial charge is 0.0650 e. The molecule has 0 amide bonds. The minimum absolute atomic E-state index is 0.356. The number of rotatable bonds is 5. The molecule has 0 aliphatic heterocycles. The minimum Gasteiger partial charge on any atom is -0.392 e. The summed E-state index contributed by atoms with van der Waals surface area (Å²) in [4.78, 5) is 0. The molecule has 0 aromatic carbocycles. The fourth-order valence-corrected chi connectivity index (χ4v) is 0.807. The Morgan fingerprint density at radius 1 is 1.70 bits per heavy atom. The van der Waals surface area contributed by atoms with E-state index in [4.69, 9.17) is 16.1 Å². The van der Waals surface area contributed by atoms with Gasteiger partial charge in [0.15, 0.2) is 0 Å². The third-order valence-corrected chi connectivity index (χ3v) is 1.39. The highest BCUT2D eigenvalue weighted by atomic mass is 31.0. The number of hydrogen-bond acceptors (Lipinski definition) is 2. The molecular weight excluding hydrogens is 147 g/mol. The monoisotopic (exact) mass is 160 g/mol. The molecule has 3 heteroatoms. The Morgan fingerprint density at radius 2 is 2.40 bits per heavy atom. The molecule has 0 aromatic heterocycles. The van der Waals surface area contributed by atoms with Crippen LogP contribution in [0, 0.1) is 12.3 Å². The van der Waals surface area contributed by atoms with Crippen molar-refractivity contribution in [1.82, 2.24) is 0 Å². The Balaban J connectivity index is 3.06. The number of hydrogen-bond donors (Lipinski definition) is 1. The van der Waals surface area contributed by atoms with Crippen LogP contribution in [0.2, 0.25) is 0 Å². The van der Waals surface area contributed by atoms with Crippen LogP contribution in [0.4, 0.5) is 0 Å². The van der Waals surface area contributed by atoms with Crippen LogP contribution in [0.25, 0.3) is 0 Å². The van der Waals surface area contributed by atoms with Crippen LogP contribution >= 0.6 is 9.47 Å². The van der Waals surface area contributed by atoms with Crippen molar-refractivity contribution in [3.8, 4) is 12.3 Å². The third-order valence-electron chi connectivity index (χ3n) is 1.15. The molecular formula is C7H13O2P. The van der Waals surface area contributed by atoms with Gasteiger partial charge in [0.25, 0.3) is 0 Å². The maximum atomic E-state index is 9.07. The van der Waals surface area contributed by atoms with Gasteiger partial charge in [-0.3, -0.25) is 0 Å². The Hall–Kier alpha value is -0.0900. The molecule has 0 aliphatic carbocycles. The van der Waals surface area contributed by atoms with Crippen LogP contribution in [0.5, 0.6) is 0 Å². The average Bonchev–Trinajstić information content (AvgIpc) is 1.89. The summed E-state index contributed by atoms with van der Waals surface area (Å²) in [6.07, 6.45) is 6.65. The molecule has 2 nitrogen and oxygen atoms in total. The first-order chi connectivity index (χ1) is 4.81. The van der Waals surface area contributed by atoms with Crippen molar-refractivity contribution in [1.29, 1.82) is 0 Å². The average molecular weight is 160 g/mol. The van der Waals surface area contributed by atoms with Crippen molar-refractivity contribution in [2.45, 2.75) is 25.4 Å². The summed E-state index contributed by atoms with van der Waals surface area (Å²) >= 11 is 0. The predicted molar refractivity (Wildman–Crippen MR) is 44.4 cm³/mol. The second kappa shape index (κ2) is 7.02. The molecule has 0 fully saturated rings. The van der Waals surface area contributed by atoms with E-state index in [0.29, 0.717) is 13.0 Å². The number of aliphatic hydroxyl groups is 1. The van der Waals surface area contributed by atoms with Gasteiger partial charge in [0, 0.05) is 15.9 Å². The van der Waals surface area contributed by atoms with Gasteiger partial charge in [-0.1, -0.05) is 0 Å². The van der Waals surface area contributed by atoms with Gasteiger partial charge in [-0.05, 0) is 12.8 Å². The van der Waals surface area contributed by atoms with E-state index in [1.807, 2.05) is 0 Å².